The molecule has 1 atom stereocenters. The van der Waals surface area contributed by atoms with E-state index >= 15 is 0 Å². The van der Waals surface area contributed by atoms with Gasteiger partial charge in [-0.1, -0.05) is 13.8 Å². The molecule has 2 aliphatic rings. The lowest BCUT2D eigenvalue weighted by atomic mass is 10.1. The van der Waals surface area contributed by atoms with E-state index in [4.69, 9.17) is 0 Å². The molecule has 0 saturated carbocycles. The van der Waals surface area contributed by atoms with Crippen LogP contribution in [0.5, 0.6) is 0 Å². The van der Waals surface area contributed by atoms with Gasteiger partial charge in [-0.3, -0.25) is 4.79 Å². The molecular formula is C17H25N3OS. The Hall–Kier alpha value is -1.23. The van der Waals surface area contributed by atoms with E-state index in [0.717, 1.165) is 43.3 Å². The Morgan fingerprint density at radius 2 is 2.05 bits per heavy atom. The second-order valence-corrected chi connectivity index (χ2v) is 7.85. The lowest BCUT2D eigenvalue weighted by molar-refractivity contribution is 0.0755. The summed E-state index contributed by atoms with van der Waals surface area (Å²) in [7, 11) is 0. The summed E-state index contributed by atoms with van der Waals surface area (Å²) in [4.78, 5) is 21.5. The van der Waals surface area contributed by atoms with Crippen LogP contribution < -0.4 is 4.90 Å². The molecule has 0 N–H and O–H groups in total. The Morgan fingerprint density at radius 3 is 2.68 bits per heavy atom. The maximum Gasteiger partial charge on any atom is 0.255 e. The van der Waals surface area contributed by atoms with Gasteiger partial charge in [-0.2, -0.15) is 11.8 Å². The zero-order valence-corrected chi connectivity index (χ0v) is 14.3. The smallest absolute Gasteiger partial charge is 0.255 e. The van der Waals surface area contributed by atoms with Crippen molar-refractivity contribution in [1.82, 2.24) is 9.88 Å². The molecule has 1 aromatic heterocycles. The zero-order valence-electron chi connectivity index (χ0n) is 13.5. The molecular weight excluding hydrogens is 294 g/mol. The highest BCUT2D eigenvalue weighted by Crippen LogP contribution is 2.26. The molecule has 2 saturated heterocycles. The van der Waals surface area contributed by atoms with E-state index in [2.05, 4.69) is 23.7 Å². The molecule has 0 radical (unpaired) electrons. The number of thioether (sulfide) groups is 1. The number of rotatable bonds is 3. The first kappa shape index (κ1) is 15.7. The van der Waals surface area contributed by atoms with E-state index in [-0.39, 0.29) is 5.91 Å². The maximum atomic E-state index is 12.7. The topological polar surface area (TPSA) is 36.4 Å². The molecule has 1 aromatic rings. The van der Waals surface area contributed by atoms with E-state index in [9.17, 15) is 4.79 Å². The fourth-order valence-electron chi connectivity index (χ4n) is 3.09. The Labute approximate surface area is 137 Å². The second-order valence-electron chi connectivity index (χ2n) is 6.50. The summed E-state index contributed by atoms with van der Waals surface area (Å²) in [6, 6.07) is 3.94. The van der Waals surface area contributed by atoms with E-state index < -0.39 is 0 Å². The van der Waals surface area contributed by atoms with Crippen LogP contribution in [0.3, 0.4) is 0 Å². The van der Waals surface area contributed by atoms with Crippen LogP contribution in [-0.4, -0.2) is 53.0 Å². The zero-order chi connectivity index (χ0) is 15.5. The number of pyridine rings is 1. The van der Waals surface area contributed by atoms with Gasteiger partial charge >= 0.3 is 0 Å². The van der Waals surface area contributed by atoms with Crippen LogP contribution >= 0.6 is 11.8 Å². The van der Waals surface area contributed by atoms with Crippen molar-refractivity contribution in [2.45, 2.75) is 31.9 Å². The van der Waals surface area contributed by atoms with Gasteiger partial charge in [0, 0.05) is 43.4 Å². The third kappa shape index (κ3) is 3.40. The van der Waals surface area contributed by atoms with Gasteiger partial charge in [-0.15, -0.1) is 0 Å². The van der Waals surface area contributed by atoms with Gasteiger partial charge in [-0.05, 0) is 30.9 Å². The normalized spacial score (nSPS) is 22.4. The monoisotopic (exact) mass is 319 g/mol. The van der Waals surface area contributed by atoms with Gasteiger partial charge in [0.1, 0.15) is 5.82 Å². The van der Waals surface area contributed by atoms with Gasteiger partial charge in [-0.25, -0.2) is 4.98 Å². The molecule has 0 bridgehead atoms. The lowest BCUT2D eigenvalue weighted by Crippen LogP contribution is -2.43. The molecule has 0 aromatic carbocycles. The number of anilines is 1. The Morgan fingerprint density at radius 1 is 1.27 bits per heavy atom. The van der Waals surface area contributed by atoms with Crippen LogP contribution in [0.4, 0.5) is 5.82 Å². The highest BCUT2D eigenvalue weighted by Gasteiger charge is 2.27. The first-order chi connectivity index (χ1) is 10.6. The third-order valence-corrected chi connectivity index (χ3v) is 6.09. The molecule has 0 unspecified atom stereocenters. The molecule has 5 heteroatoms. The highest BCUT2D eigenvalue weighted by molar-refractivity contribution is 8.00. The fourth-order valence-corrected chi connectivity index (χ4v) is 4.39. The molecule has 4 nitrogen and oxygen atoms in total. The molecule has 3 heterocycles. The molecule has 0 spiro atoms. The number of hydrogen-bond acceptors (Lipinski definition) is 4. The van der Waals surface area contributed by atoms with E-state index in [1.807, 2.05) is 28.8 Å². The van der Waals surface area contributed by atoms with Crippen molar-refractivity contribution < 1.29 is 4.79 Å². The minimum absolute atomic E-state index is 0.131. The van der Waals surface area contributed by atoms with Gasteiger partial charge in [0.2, 0.25) is 0 Å². The van der Waals surface area contributed by atoms with E-state index in [1.165, 1.54) is 12.8 Å². The third-order valence-electron chi connectivity index (χ3n) is 4.55. The van der Waals surface area contributed by atoms with Crippen molar-refractivity contribution in [2.75, 3.05) is 36.8 Å². The van der Waals surface area contributed by atoms with E-state index in [1.54, 1.807) is 6.20 Å². The number of aromatic nitrogens is 1. The van der Waals surface area contributed by atoms with Gasteiger partial charge in [0.05, 0.1) is 5.56 Å². The summed E-state index contributed by atoms with van der Waals surface area (Å²) in [5, 5.41) is 0.550. The van der Waals surface area contributed by atoms with Crippen molar-refractivity contribution in [3.05, 3.63) is 23.9 Å². The molecule has 1 amide bonds. The predicted octanol–water partition coefficient (Wildman–Crippen LogP) is 2.90. The van der Waals surface area contributed by atoms with Crippen molar-refractivity contribution in [1.29, 1.82) is 0 Å². The van der Waals surface area contributed by atoms with Crippen LogP contribution in [0.15, 0.2) is 18.3 Å². The summed E-state index contributed by atoms with van der Waals surface area (Å²) >= 11 is 1.99. The number of carbonyl (C=O) groups is 1. The molecule has 120 valence electrons. The Kier molecular flexibility index (Phi) is 4.91. The number of hydrogen-bond donors (Lipinski definition) is 0. The first-order valence-electron chi connectivity index (χ1n) is 8.27. The number of nitrogens with zero attached hydrogens (tertiary/aromatic N) is 3. The van der Waals surface area contributed by atoms with Crippen LogP contribution in [-0.2, 0) is 0 Å². The second kappa shape index (κ2) is 6.90. The van der Waals surface area contributed by atoms with Crippen molar-refractivity contribution in [3.8, 4) is 0 Å². The summed E-state index contributed by atoms with van der Waals surface area (Å²) in [6.07, 6.45) is 4.23. The molecule has 0 aliphatic carbocycles. The van der Waals surface area contributed by atoms with Crippen LogP contribution in [0.25, 0.3) is 0 Å². The molecule has 2 fully saturated rings. The van der Waals surface area contributed by atoms with Crippen molar-refractivity contribution in [2.24, 2.45) is 5.92 Å². The predicted molar refractivity (Wildman–Crippen MR) is 92.7 cm³/mol. The average Bonchev–Trinajstić information content (AvgIpc) is 3.09. The number of carbonyl (C=O) groups excluding carboxylic acids is 1. The summed E-state index contributed by atoms with van der Waals surface area (Å²) in [6.45, 7) is 8.34. The quantitative estimate of drug-likeness (QED) is 0.858. The Bertz CT molecular complexity index is 511. The minimum Gasteiger partial charge on any atom is -0.357 e. The standard InChI is InChI=1S/C17H25N3OS/c1-13(2)15-12-20(9-10-22-15)17(21)14-5-6-16(18-11-14)19-7-3-4-8-19/h5-6,11,13,15H,3-4,7-10,12H2,1-2H3/t15-/m0/s1. The van der Waals surface area contributed by atoms with Crippen LogP contribution in [0.1, 0.15) is 37.0 Å². The van der Waals surface area contributed by atoms with Crippen molar-refractivity contribution in [3.63, 3.8) is 0 Å². The Balaban J connectivity index is 1.66. The lowest BCUT2D eigenvalue weighted by Gasteiger charge is -2.34. The van der Waals surface area contributed by atoms with Crippen LogP contribution in [0.2, 0.25) is 0 Å². The highest BCUT2D eigenvalue weighted by atomic mass is 32.2. The van der Waals surface area contributed by atoms with Gasteiger partial charge in [0.25, 0.3) is 5.91 Å². The van der Waals surface area contributed by atoms with Gasteiger partial charge in [0.15, 0.2) is 0 Å². The summed E-state index contributed by atoms with van der Waals surface area (Å²) < 4.78 is 0. The molecule has 22 heavy (non-hydrogen) atoms. The number of amides is 1. The summed E-state index contributed by atoms with van der Waals surface area (Å²) in [5.41, 5.74) is 0.720. The first-order valence-corrected chi connectivity index (χ1v) is 9.32. The molecule has 2 aliphatic heterocycles. The molecule has 3 rings (SSSR count). The largest absolute Gasteiger partial charge is 0.357 e. The van der Waals surface area contributed by atoms with E-state index in [0.29, 0.717) is 11.2 Å². The van der Waals surface area contributed by atoms with Crippen LogP contribution in [0, 0.1) is 5.92 Å². The maximum absolute atomic E-state index is 12.7. The SMILES string of the molecule is CC(C)[C@@H]1CN(C(=O)c2ccc(N3CCCC3)nc2)CCS1. The van der Waals surface area contributed by atoms with Crippen molar-refractivity contribution >= 4 is 23.5 Å². The average molecular weight is 319 g/mol. The fraction of sp³-hybridized carbons (Fsp3) is 0.647. The van der Waals surface area contributed by atoms with Gasteiger partial charge < -0.3 is 9.80 Å². The minimum atomic E-state index is 0.131. The summed E-state index contributed by atoms with van der Waals surface area (Å²) in [5.74, 6) is 2.78.